The van der Waals surface area contributed by atoms with E-state index in [2.05, 4.69) is 31.3 Å². The molecule has 480 valence electrons. The molecule has 0 radical (unpaired) electrons. The monoisotopic (exact) mass is 1140 g/mol. The topological polar surface area (TPSA) is 95.9 Å². The van der Waals surface area contributed by atoms with E-state index >= 15 is 0 Å². The van der Waals surface area contributed by atoms with Crippen molar-refractivity contribution in [2.24, 2.45) is 0 Å². The van der Waals surface area contributed by atoms with Gasteiger partial charge in [0.2, 0.25) is 5.91 Å². The van der Waals surface area contributed by atoms with Crippen LogP contribution in [0, 0.1) is 0 Å². The second kappa shape index (κ2) is 70.8. The van der Waals surface area contributed by atoms with Gasteiger partial charge in [0.25, 0.3) is 0 Å². The number of amides is 1. The minimum atomic E-state index is -0.844. The number of aliphatic hydroxyl groups excluding tert-OH is 2. The quantitative estimate of drug-likeness (QED) is 0.0320. The lowest BCUT2D eigenvalue weighted by atomic mass is 10.0. The summed E-state index contributed by atoms with van der Waals surface area (Å²) in [5.41, 5.74) is 0. The highest BCUT2D eigenvalue weighted by Gasteiger charge is 2.18. The molecule has 0 saturated carbocycles. The van der Waals surface area contributed by atoms with Crippen molar-refractivity contribution in [1.29, 1.82) is 0 Å². The molecule has 81 heavy (non-hydrogen) atoms. The standard InChI is InChI=1S/C75H145NO5/c1-3-5-7-9-11-13-15-17-19-21-22-29-32-36-39-43-47-51-55-59-63-67-73(78)72(71-77)76-74(79)68-64-60-56-52-48-44-40-37-33-30-27-25-23-24-26-28-31-34-38-42-46-50-54-58-62-66-70-81-75(80)69-65-61-57-53-49-45-41-35-20-18-16-14-12-10-8-6-4-2/h18,20,63,67,72-73,77-78H,3-17,19,21-62,64-66,68-71H2,1-2H3,(H,76,79)/b20-18-,67-63+. The second-order valence-electron chi connectivity index (χ2n) is 25.6. The zero-order chi connectivity index (χ0) is 58.5. The average molecular weight is 1140 g/mol. The number of hydrogen-bond acceptors (Lipinski definition) is 5. The molecular formula is C75H145NO5. The molecule has 0 rings (SSSR count). The minimum absolute atomic E-state index is 0.0145. The van der Waals surface area contributed by atoms with E-state index in [1.165, 1.54) is 347 Å². The molecule has 0 aliphatic rings. The summed E-state index contributed by atoms with van der Waals surface area (Å²) < 4.78 is 5.51. The molecule has 0 bridgehead atoms. The third kappa shape index (κ3) is 67.3. The van der Waals surface area contributed by atoms with E-state index in [1.807, 2.05) is 6.08 Å². The lowest BCUT2D eigenvalue weighted by Gasteiger charge is -2.20. The Morgan fingerprint density at radius 3 is 0.877 bits per heavy atom. The van der Waals surface area contributed by atoms with Crippen LogP contribution in [-0.4, -0.2) is 47.4 Å². The number of hydrogen-bond donors (Lipinski definition) is 3. The fourth-order valence-corrected chi connectivity index (χ4v) is 11.8. The summed E-state index contributed by atoms with van der Waals surface area (Å²) in [6.45, 7) is 4.94. The van der Waals surface area contributed by atoms with Crippen LogP contribution in [0.4, 0.5) is 0 Å². The summed E-state index contributed by atoms with van der Waals surface area (Å²) in [7, 11) is 0. The molecule has 0 aromatic heterocycles. The van der Waals surface area contributed by atoms with Crippen molar-refractivity contribution in [2.75, 3.05) is 13.2 Å². The molecule has 0 heterocycles. The molecule has 3 N–H and O–H groups in total. The lowest BCUT2D eigenvalue weighted by molar-refractivity contribution is -0.143. The number of unbranched alkanes of at least 4 members (excludes halogenated alkanes) is 57. The van der Waals surface area contributed by atoms with Crippen molar-refractivity contribution in [3.8, 4) is 0 Å². The second-order valence-corrected chi connectivity index (χ2v) is 25.6. The molecule has 1 amide bonds. The maximum atomic E-state index is 12.5. The first-order valence-electron chi connectivity index (χ1n) is 37.1. The predicted molar refractivity (Wildman–Crippen MR) is 356 cm³/mol. The van der Waals surface area contributed by atoms with Crippen LogP contribution in [0.15, 0.2) is 24.3 Å². The van der Waals surface area contributed by atoms with E-state index in [-0.39, 0.29) is 18.5 Å². The van der Waals surface area contributed by atoms with Crippen molar-refractivity contribution < 1.29 is 24.5 Å². The van der Waals surface area contributed by atoms with Gasteiger partial charge in [-0.15, -0.1) is 0 Å². The number of esters is 1. The van der Waals surface area contributed by atoms with Crippen LogP contribution in [-0.2, 0) is 14.3 Å². The number of carbonyl (C=O) groups excluding carboxylic acids is 2. The van der Waals surface area contributed by atoms with Gasteiger partial charge < -0.3 is 20.3 Å². The largest absolute Gasteiger partial charge is 0.466 e. The maximum absolute atomic E-state index is 12.5. The first kappa shape index (κ1) is 79.3. The van der Waals surface area contributed by atoms with Crippen LogP contribution in [0.1, 0.15) is 418 Å². The Morgan fingerprint density at radius 1 is 0.333 bits per heavy atom. The van der Waals surface area contributed by atoms with E-state index in [0.29, 0.717) is 19.4 Å². The van der Waals surface area contributed by atoms with Gasteiger partial charge in [0, 0.05) is 12.8 Å². The lowest BCUT2D eigenvalue weighted by Crippen LogP contribution is -2.45. The van der Waals surface area contributed by atoms with Crippen LogP contribution in [0.3, 0.4) is 0 Å². The number of aliphatic hydroxyl groups is 2. The summed E-state index contributed by atoms with van der Waals surface area (Å²) in [6.07, 6.45) is 89.8. The summed E-state index contributed by atoms with van der Waals surface area (Å²) in [4.78, 5) is 24.6. The number of ether oxygens (including phenoxy) is 1. The van der Waals surface area contributed by atoms with Gasteiger partial charge in [-0.1, -0.05) is 372 Å². The van der Waals surface area contributed by atoms with Gasteiger partial charge in [0.05, 0.1) is 25.4 Å². The zero-order valence-corrected chi connectivity index (χ0v) is 55.0. The normalized spacial score (nSPS) is 12.6. The molecule has 0 saturated heterocycles. The molecule has 0 aromatic rings. The van der Waals surface area contributed by atoms with Gasteiger partial charge >= 0.3 is 5.97 Å². The summed E-state index contributed by atoms with van der Waals surface area (Å²) in [5.74, 6) is -0.0468. The molecular weight excluding hydrogens is 995 g/mol. The SMILES string of the molecule is CCCCCCCC/C=C\CCCCCCCCCC(=O)OCCCCCCCCCCCCCCCCCCCCCCCCCCCCC(=O)NC(CO)C(O)/C=C/CCCCCCCCCCCCCCCCCCCCC. The van der Waals surface area contributed by atoms with Gasteiger partial charge in [0.15, 0.2) is 0 Å². The van der Waals surface area contributed by atoms with E-state index in [0.717, 1.165) is 44.9 Å². The number of rotatable bonds is 70. The molecule has 6 heteroatoms. The summed E-state index contributed by atoms with van der Waals surface area (Å²) >= 11 is 0. The zero-order valence-electron chi connectivity index (χ0n) is 55.0. The fraction of sp³-hybridized carbons (Fsp3) is 0.920. The van der Waals surface area contributed by atoms with Gasteiger partial charge in [0.1, 0.15) is 0 Å². The number of carbonyl (C=O) groups is 2. The van der Waals surface area contributed by atoms with Crippen LogP contribution >= 0.6 is 0 Å². The molecule has 6 nitrogen and oxygen atoms in total. The third-order valence-electron chi connectivity index (χ3n) is 17.5. The maximum Gasteiger partial charge on any atom is 0.305 e. The van der Waals surface area contributed by atoms with Crippen molar-refractivity contribution in [1.82, 2.24) is 5.32 Å². The van der Waals surface area contributed by atoms with Gasteiger partial charge in [-0.25, -0.2) is 0 Å². The molecule has 0 aliphatic carbocycles. The molecule has 2 unspecified atom stereocenters. The van der Waals surface area contributed by atoms with Crippen molar-refractivity contribution >= 4 is 11.9 Å². The van der Waals surface area contributed by atoms with Gasteiger partial charge in [-0.2, -0.15) is 0 Å². The number of allylic oxidation sites excluding steroid dienone is 3. The van der Waals surface area contributed by atoms with Gasteiger partial charge in [-0.3, -0.25) is 9.59 Å². The van der Waals surface area contributed by atoms with Crippen LogP contribution < -0.4 is 5.32 Å². The molecule has 0 aromatic carbocycles. The Hall–Kier alpha value is -1.66. The predicted octanol–water partition coefficient (Wildman–Crippen LogP) is 24.1. The van der Waals surface area contributed by atoms with Crippen molar-refractivity contribution in [2.45, 2.75) is 431 Å². The summed E-state index contributed by atoms with van der Waals surface area (Å²) in [6, 6.07) is -0.627. The highest BCUT2D eigenvalue weighted by molar-refractivity contribution is 5.76. The highest BCUT2D eigenvalue weighted by atomic mass is 16.5. The number of nitrogens with one attached hydrogen (secondary N) is 1. The smallest absolute Gasteiger partial charge is 0.305 e. The van der Waals surface area contributed by atoms with E-state index in [9.17, 15) is 19.8 Å². The van der Waals surface area contributed by atoms with E-state index in [4.69, 9.17) is 4.74 Å². The Morgan fingerprint density at radius 2 is 0.580 bits per heavy atom. The minimum Gasteiger partial charge on any atom is -0.466 e. The van der Waals surface area contributed by atoms with E-state index < -0.39 is 12.1 Å². The Kier molecular flexibility index (Phi) is 69.4. The fourth-order valence-electron chi connectivity index (χ4n) is 11.8. The molecule has 0 fully saturated rings. The Balaban J connectivity index is 3.37. The molecule has 0 aliphatic heterocycles. The first-order valence-corrected chi connectivity index (χ1v) is 37.1. The molecule has 0 spiro atoms. The Labute approximate surface area is 507 Å². The van der Waals surface area contributed by atoms with Crippen LogP contribution in [0.2, 0.25) is 0 Å². The van der Waals surface area contributed by atoms with Crippen LogP contribution in [0.25, 0.3) is 0 Å². The third-order valence-corrected chi connectivity index (χ3v) is 17.5. The van der Waals surface area contributed by atoms with E-state index in [1.54, 1.807) is 6.08 Å². The summed E-state index contributed by atoms with van der Waals surface area (Å²) in [5, 5.41) is 23.3. The molecule has 2 atom stereocenters. The highest BCUT2D eigenvalue weighted by Crippen LogP contribution is 2.19. The average Bonchev–Trinajstić information content (AvgIpc) is 3.47. The first-order chi connectivity index (χ1) is 40.0. The van der Waals surface area contributed by atoms with Crippen molar-refractivity contribution in [3.05, 3.63) is 24.3 Å². The van der Waals surface area contributed by atoms with Gasteiger partial charge in [-0.05, 0) is 57.8 Å². The Bertz CT molecular complexity index is 1270. The van der Waals surface area contributed by atoms with Crippen molar-refractivity contribution in [3.63, 3.8) is 0 Å². The van der Waals surface area contributed by atoms with Crippen LogP contribution in [0.5, 0.6) is 0 Å².